The zero-order valence-corrected chi connectivity index (χ0v) is 11.2. The van der Waals surface area contributed by atoms with Crippen molar-refractivity contribution >= 4 is 29.1 Å². The molecule has 1 saturated heterocycles. The van der Waals surface area contributed by atoms with Gasteiger partial charge in [-0.3, -0.25) is 9.59 Å². The van der Waals surface area contributed by atoms with Crippen LogP contribution in [0.1, 0.15) is 35.4 Å². The lowest BCUT2D eigenvalue weighted by Crippen LogP contribution is -2.33. The molecular formula is C13H15NO4S. The fourth-order valence-corrected chi connectivity index (χ4v) is 2.59. The highest BCUT2D eigenvalue weighted by Gasteiger charge is 2.25. The van der Waals surface area contributed by atoms with Crippen LogP contribution in [0.3, 0.4) is 0 Å². The van der Waals surface area contributed by atoms with Crippen LogP contribution in [0.2, 0.25) is 0 Å². The van der Waals surface area contributed by atoms with Crippen molar-refractivity contribution in [2.24, 2.45) is 0 Å². The number of ether oxygens (including phenoxy) is 1. The van der Waals surface area contributed by atoms with Crippen LogP contribution >= 0.6 is 11.3 Å². The Morgan fingerprint density at radius 2 is 2.21 bits per heavy atom. The quantitative estimate of drug-likeness (QED) is 0.503. The van der Waals surface area contributed by atoms with Crippen molar-refractivity contribution in [3.05, 3.63) is 22.4 Å². The molecule has 5 nitrogen and oxygen atoms in total. The third-order valence-corrected chi connectivity index (χ3v) is 3.82. The molecule has 0 aliphatic carbocycles. The summed E-state index contributed by atoms with van der Waals surface area (Å²) < 4.78 is 4.71. The molecule has 102 valence electrons. The maximum atomic E-state index is 11.7. The number of hydrogen-bond acceptors (Lipinski definition) is 6. The number of esters is 2. The molecular weight excluding hydrogens is 266 g/mol. The standard InChI is InChI=1S/C13H15NO4S/c15-10(11-4-2-8-19-11)5-6-12(16)18-13(17)9-3-1-7-14-9/h2,4,8-9,14H,1,3,5-7H2/t9-/m0/s1. The number of hydrogen-bond donors (Lipinski definition) is 1. The van der Waals surface area contributed by atoms with Gasteiger partial charge in [-0.05, 0) is 30.8 Å². The summed E-state index contributed by atoms with van der Waals surface area (Å²) in [6.45, 7) is 0.769. The average molecular weight is 281 g/mol. The molecule has 6 heteroatoms. The fraction of sp³-hybridized carbons (Fsp3) is 0.462. The van der Waals surface area contributed by atoms with E-state index in [0.29, 0.717) is 11.3 Å². The molecule has 2 rings (SSSR count). The first-order valence-corrected chi connectivity index (χ1v) is 7.09. The monoisotopic (exact) mass is 281 g/mol. The highest BCUT2D eigenvalue weighted by molar-refractivity contribution is 7.12. The second-order valence-electron chi connectivity index (χ2n) is 4.34. The van der Waals surface area contributed by atoms with E-state index in [1.165, 1.54) is 11.3 Å². The van der Waals surface area contributed by atoms with Crippen molar-refractivity contribution in [3.63, 3.8) is 0 Å². The Hall–Kier alpha value is -1.53. The van der Waals surface area contributed by atoms with Gasteiger partial charge < -0.3 is 10.1 Å². The van der Waals surface area contributed by atoms with Crippen molar-refractivity contribution in [2.45, 2.75) is 31.7 Å². The van der Waals surface area contributed by atoms with Crippen LogP contribution in [-0.4, -0.2) is 30.3 Å². The number of ketones is 1. The Kier molecular flexibility index (Phi) is 4.81. The smallest absolute Gasteiger partial charge is 0.330 e. The van der Waals surface area contributed by atoms with Gasteiger partial charge >= 0.3 is 11.9 Å². The van der Waals surface area contributed by atoms with E-state index in [1.807, 2.05) is 0 Å². The molecule has 2 heterocycles. The molecule has 1 aliphatic rings. The Balaban J connectivity index is 1.72. The van der Waals surface area contributed by atoms with Crippen LogP contribution in [0.15, 0.2) is 17.5 Å². The van der Waals surface area contributed by atoms with Gasteiger partial charge in [0, 0.05) is 6.42 Å². The van der Waals surface area contributed by atoms with E-state index in [1.54, 1.807) is 17.5 Å². The largest absolute Gasteiger partial charge is 0.392 e. The van der Waals surface area contributed by atoms with Crippen molar-refractivity contribution in [1.82, 2.24) is 5.32 Å². The molecule has 1 N–H and O–H groups in total. The third-order valence-electron chi connectivity index (χ3n) is 2.91. The molecule has 0 saturated carbocycles. The maximum Gasteiger partial charge on any atom is 0.330 e. The fourth-order valence-electron chi connectivity index (χ4n) is 1.90. The van der Waals surface area contributed by atoms with Crippen LogP contribution in [-0.2, 0) is 14.3 Å². The van der Waals surface area contributed by atoms with E-state index < -0.39 is 11.9 Å². The van der Waals surface area contributed by atoms with E-state index in [9.17, 15) is 14.4 Å². The van der Waals surface area contributed by atoms with E-state index in [4.69, 9.17) is 4.74 Å². The molecule has 1 fully saturated rings. The van der Waals surface area contributed by atoms with Crippen molar-refractivity contribution in [2.75, 3.05) is 6.54 Å². The van der Waals surface area contributed by atoms with Gasteiger partial charge in [0.2, 0.25) is 0 Å². The van der Waals surface area contributed by atoms with Gasteiger partial charge in [-0.25, -0.2) is 4.79 Å². The lowest BCUT2D eigenvalue weighted by atomic mass is 10.2. The van der Waals surface area contributed by atoms with Gasteiger partial charge in [0.25, 0.3) is 0 Å². The lowest BCUT2D eigenvalue weighted by molar-refractivity contribution is -0.160. The number of Topliss-reactive ketones (excluding diaryl/α,β-unsaturated/α-hetero) is 1. The van der Waals surface area contributed by atoms with Crippen molar-refractivity contribution in [3.8, 4) is 0 Å². The van der Waals surface area contributed by atoms with Crippen LogP contribution in [0.4, 0.5) is 0 Å². The number of carbonyl (C=O) groups excluding carboxylic acids is 3. The van der Waals surface area contributed by atoms with Gasteiger partial charge in [-0.1, -0.05) is 6.07 Å². The summed E-state index contributed by atoms with van der Waals surface area (Å²) in [5.74, 6) is -1.27. The van der Waals surface area contributed by atoms with Crippen molar-refractivity contribution in [1.29, 1.82) is 0 Å². The Bertz CT molecular complexity index is 463. The Morgan fingerprint density at radius 3 is 2.84 bits per heavy atom. The summed E-state index contributed by atoms with van der Waals surface area (Å²) in [5.41, 5.74) is 0. The lowest BCUT2D eigenvalue weighted by Gasteiger charge is -2.08. The van der Waals surface area contributed by atoms with Crippen LogP contribution < -0.4 is 5.32 Å². The minimum absolute atomic E-state index is 0.0603. The van der Waals surface area contributed by atoms with Gasteiger partial charge in [0.15, 0.2) is 5.78 Å². The highest BCUT2D eigenvalue weighted by Crippen LogP contribution is 2.13. The topological polar surface area (TPSA) is 72.5 Å². The number of carbonyl (C=O) groups is 3. The molecule has 0 radical (unpaired) electrons. The molecule has 1 atom stereocenters. The second-order valence-corrected chi connectivity index (χ2v) is 5.29. The zero-order chi connectivity index (χ0) is 13.7. The molecule has 1 aromatic rings. The first kappa shape index (κ1) is 13.9. The van der Waals surface area contributed by atoms with E-state index >= 15 is 0 Å². The molecule has 0 unspecified atom stereocenters. The van der Waals surface area contributed by atoms with Gasteiger partial charge in [0.1, 0.15) is 6.04 Å². The maximum absolute atomic E-state index is 11.7. The summed E-state index contributed by atoms with van der Waals surface area (Å²) in [6.07, 6.45) is 1.62. The predicted octanol–water partition coefficient (Wildman–Crippen LogP) is 1.53. The Labute approximate surface area is 114 Å². The van der Waals surface area contributed by atoms with E-state index in [0.717, 1.165) is 13.0 Å². The van der Waals surface area contributed by atoms with Crippen LogP contribution in [0, 0.1) is 0 Å². The number of nitrogens with one attached hydrogen (secondary N) is 1. The molecule has 1 aliphatic heterocycles. The molecule has 1 aromatic heterocycles. The Morgan fingerprint density at radius 1 is 1.37 bits per heavy atom. The summed E-state index contributed by atoms with van der Waals surface area (Å²) in [7, 11) is 0. The predicted molar refractivity (Wildman–Crippen MR) is 70.0 cm³/mol. The zero-order valence-electron chi connectivity index (χ0n) is 10.4. The average Bonchev–Trinajstić information content (AvgIpc) is 3.07. The first-order chi connectivity index (χ1) is 9.16. The van der Waals surface area contributed by atoms with E-state index in [2.05, 4.69) is 5.32 Å². The second kappa shape index (κ2) is 6.58. The molecule has 19 heavy (non-hydrogen) atoms. The number of thiophene rings is 1. The van der Waals surface area contributed by atoms with Crippen LogP contribution in [0.5, 0.6) is 0 Å². The summed E-state index contributed by atoms with van der Waals surface area (Å²) in [6, 6.07) is 3.12. The highest BCUT2D eigenvalue weighted by atomic mass is 32.1. The summed E-state index contributed by atoms with van der Waals surface area (Å²) >= 11 is 1.34. The SMILES string of the molecule is O=C(CCC(=O)c1cccs1)OC(=O)[C@@H]1CCCN1. The van der Waals surface area contributed by atoms with Gasteiger partial charge in [-0.2, -0.15) is 0 Å². The van der Waals surface area contributed by atoms with Gasteiger partial charge in [-0.15, -0.1) is 11.3 Å². The normalized spacial score (nSPS) is 18.2. The number of rotatable bonds is 5. The summed E-state index contributed by atoms with van der Waals surface area (Å²) in [5, 5.41) is 4.76. The molecule has 0 bridgehead atoms. The van der Waals surface area contributed by atoms with Crippen LogP contribution in [0.25, 0.3) is 0 Å². The summed E-state index contributed by atoms with van der Waals surface area (Å²) in [4.78, 5) is 35.3. The molecule has 0 aromatic carbocycles. The minimum Gasteiger partial charge on any atom is -0.392 e. The minimum atomic E-state index is -0.636. The molecule has 0 spiro atoms. The first-order valence-electron chi connectivity index (χ1n) is 6.21. The van der Waals surface area contributed by atoms with E-state index in [-0.39, 0.29) is 24.7 Å². The third kappa shape index (κ3) is 3.97. The molecule has 0 amide bonds. The van der Waals surface area contributed by atoms with Crippen molar-refractivity contribution < 1.29 is 19.1 Å². The van der Waals surface area contributed by atoms with Gasteiger partial charge in [0.05, 0.1) is 11.3 Å².